The fourth-order valence-electron chi connectivity index (χ4n) is 1.62. The molecule has 0 heterocycles. The van der Waals surface area contributed by atoms with Crippen molar-refractivity contribution in [3.8, 4) is 0 Å². The standard InChI is InChI=1S/C14H8BrCl3O/c15-11-6-8(1-3-13(11)18)14(19)7-9-5-10(16)2-4-12(9)17/h1-6H,7H2. The predicted octanol–water partition coefficient (Wildman–Crippen LogP) is 5.83. The topological polar surface area (TPSA) is 17.1 Å². The van der Waals surface area contributed by atoms with E-state index in [1.807, 2.05) is 0 Å². The average Bonchev–Trinajstić information content (AvgIpc) is 2.37. The molecule has 0 aromatic heterocycles. The van der Waals surface area contributed by atoms with Gasteiger partial charge in [-0.1, -0.05) is 34.8 Å². The third-order valence-electron chi connectivity index (χ3n) is 2.60. The summed E-state index contributed by atoms with van der Waals surface area (Å²) in [7, 11) is 0. The zero-order chi connectivity index (χ0) is 14.0. The zero-order valence-electron chi connectivity index (χ0n) is 9.59. The lowest BCUT2D eigenvalue weighted by Gasteiger charge is -2.06. The van der Waals surface area contributed by atoms with Crippen molar-refractivity contribution in [3.63, 3.8) is 0 Å². The number of Topliss-reactive ketones (excluding diaryl/α,β-unsaturated/α-hetero) is 1. The van der Waals surface area contributed by atoms with Gasteiger partial charge in [-0.25, -0.2) is 0 Å². The Morgan fingerprint density at radius 3 is 2.37 bits per heavy atom. The summed E-state index contributed by atoms with van der Waals surface area (Å²) in [5, 5.41) is 1.66. The Bertz CT molecular complexity index is 641. The normalized spacial score (nSPS) is 10.5. The first-order valence-electron chi connectivity index (χ1n) is 5.39. The summed E-state index contributed by atoms with van der Waals surface area (Å²) >= 11 is 21.1. The van der Waals surface area contributed by atoms with Crippen molar-refractivity contribution in [2.24, 2.45) is 0 Å². The monoisotopic (exact) mass is 376 g/mol. The van der Waals surface area contributed by atoms with Crippen LogP contribution in [0.3, 0.4) is 0 Å². The van der Waals surface area contributed by atoms with Gasteiger partial charge in [-0.15, -0.1) is 0 Å². The molecule has 0 aliphatic heterocycles. The molecule has 0 saturated heterocycles. The summed E-state index contributed by atoms with van der Waals surface area (Å²) < 4.78 is 0.692. The SMILES string of the molecule is O=C(Cc1cc(Cl)ccc1Cl)c1ccc(Cl)c(Br)c1. The molecule has 0 fully saturated rings. The number of hydrogen-bond donors (Lipinski definition) is 0. The molecule has 0 N–H and O–H groups in total. The van der Waals surface area contributed by atoms with Crippen molar-refractivity contribution in [2.75, 3.05) is 0 Å². The maximum Gasteiger partial charge on any atom is 0.167 e. The minimum absolute atomic E-state index is 0.0402. The lowest BCUT2D eigenvalue weighted by molar-refractivity contribution is 0.0993. The van der Waals surface area contributed by atoms with Crippen molar-refractivity contribution in [3.05, 3.63) is 67.1 Å². The Balaban J connectivity index is 2.25. The summed E-state index contributed by atoms with van der Waals surface area (Å²) in [5.74, 6) is -0.0402. The lowest BCUT2D eigenvalue weighted by atomic mass is 10.0. The van der Waals surface area contributed by atoms with Crippen LogP contribution in [-0.2, 0) is 6.42 Å². The van der Waals surface area contributed by atoms with Gasteiger partial charge >= 0.3 is 0 Å². The second kappa shape index (κ2) is 6.27. The van der Waals surface area contributed by atoms with Crippen molar-refractivity contribution in [2.45, 2.75) is 6.42 Å². The number of benzene rings is 2. The van der Waals surface area contributed by atoms with Crippen LogP contribution >= 0.6 is 50.7 Å². The summed E-state index contributed by atoms with van der Waals surface area (Å²) in [6, 6.07) is 10.1. The third-order valence-corrected chi connectivity index (χ3v) is 4.42. The smallest absolute Gasteiger partial charge is 0.167 e. The van der Waals surface area contributed by atoms with Gasteiger partial charge in [-0.3, -0.25) is 4.79 Å². The molecule has 0 saturated carbocycles. The van der Waals surface area contributed by atoms with Gasteiger partial charge < -0.3 is 0 Å². The summed E-state index contributed by atoms with van der Waals surface area (Å²) in [6.07, 6.45) is 0.202. The fourth-order valence-corrected chi connectivity index (χ4v) is 2.50. The predicted molar refractivity (Wildman–Crippen MR) is 83.6 cm³/mol. The second-order valence-corrected chi connectivity index (χ2v) is 6.07. The molecule has 2 aromatic carbocycles. The number of hydrogen-bond acceptors (Lipinski definition) is 1. The van der Waals surface area contributed by atoms with E-state index in [1.165, 1.54) is 0 Å². The van der Waals surface area contributed by atoms with Gasteiger partial charge in [0, 0.05) is 26.5 Å². The number of rotatable bonds is 3. The molecule has 19 heavy (non-hydrogen) atoms. The molecule has 2 aromatic rings. The molecule has 0 spiro atoms. The molecule has 0 bridgehead atoms. The molecular weight excluding hydrogens is 370 g/mol. The molecule has 0 unspecified atom stereocenters. The van der Waals surface area contributed by atoms with Crippen LogP contribution in [0.15, 0.2) is 40.9 Å². The Labute approximate surface area is 134 Å². The molecule has 1 nitrogen and oxygen atoms in total. The Morgan fingerprint density at radius 2 is 1.68 bits per heavy atom. The summed E-state index contributed by atoms with van der Waals surface area (Å²) in [4.78, 5) is 12.2. The zero-order valence-corrected chi connectivity index (χ0v) is 13.4. The van der Waals surface area contributed by atoms with E-state index in [0.29, 0.717) is 30.7 Å². The highest BCUT2D eigenvalue weighted by atomic mass is 79.9. The summed E-state index contributed by atoms with van der Waals surface area (Å²) in [6.45, 7) is 0. The van der Waals surface area contributed by atoms with E-state index in [1.54, 1.807) is 36.4 Å². The number of halogens is 4. The Kier molecular flexibility index (Phi) is 4.91. The van der Waals surface area contributed by atoms with Crippen LogP contribution in [0.2, 0.25) is 15.1 Å². The molecule has 0 atom stereocenters. The first-order chi connectivity index (χ1) is 8.97. The van der Waals surface area contributed by atoms with Crippen LogP contribution in [-0.4, -0.2) is 5.78 Å². The Morgan fingerprint density at radius 1 is 1.00 bits per heavy atom. The average molecular weight is 378 g/mol. The van der Waals surface area contributed by atoms with Crippen molar-refractivity contribution < 1.29 is 4.79 Å². The maximum absolute atomic E-state index is 12.2. The van der Waals surface area contributed by atoms with Crippen molar-refractivity contribution in [1.82, 2.24) is 0 Å². The van der Waals surface area contributed by atoms with E-state index >= 15 is 0 Å². The molecule has 98 valence electrons. The molecule has 2 rings (SSSR count). The molecule has 5 heteroatoms. The lowest BCUT2D eigenvalue weighted by Crippen LogP contribution is -2.04. The van der Waals surface area contributed by atoms with Crippen LogP contribution in [0.4, 0.5) is 0 Å². The van der Waals surface area contributed by atoms with Crippen LogP contribution < -0.4 is 0 Å². The van der Waals surface area contributed by atoms with Gasteiger partial charge in [-0.2, -0.15) is 0 Å². The number of ketones is 1. The fraction of sp³-hybridized carbons (Fsp3) is 0.0714. The van der Waals surface area contributed by atoms with E-state index in [0.717, 1.165) is 0 Å². The first kappa shape index (κ1) is 14.9. The quantitative estimate of drug-likeness (QED) is 0.614. The second-order valence-electron chi connectivity index (χ2n) is 3.96. The highest BCUT2D eigenvalue weighted by molar-refractivity contribution is 9.10. The molecule has 0 amide bonds. The Hall–Kier alpha value is -0.540. The van der Waals surface area contributed by atoms with Crippen LogP contribution in [0.1, 0.15) is 15.9 Å². The van der Waals surface area contributed by atoms with Crippen molar-refractivity contribution in [1.29, 1.82) is 0 Å². The number of carbonyl (C=O) groups excluding carboxylic acids is 1. The van der Waals surface area contributed by atoms with E-state index in [4.69, 9.17) is 34.8 Å². The third kappa shape index (κ3) is 3.73. The molecular formula is C14H8BrCl3O. The molecule has 0 aliphatic carbocycles. The van der Waals surface area contributed by atoms with Crippen LogP contribution in [0.5, 0.6) is 0 Å². The minimum atomic E-state index is -0.0402. The van der Waals surface area contributed by atoms with E-state index in [-0.39, 0.29) is 12.2 Å². The van der Waals surface area contributed by atoms with E-state index in [2.05, 4.69) is 15.9 Å². The van der Waals surface area contributed by atoms with Crippen LogP contribution in [0.25, 0.3) is 0 Å². The largest absolute Gasteiger partial charge is 0.294 e. The highest BCUT2D eigenvalue weighted by Crippen LogP contribution is 2.25. The maximum atomic E-state index is 12.2. The van der Waals surface area contributed by atoms with Gasteiger partial charge in [0.15, 0.2) is 5.78 Å². The molecule has 0 radical (unpaired) electrons. The first-order valence-corrected chi connectivity index (χ1v) is 7.32. The summed E-state index contributed by atoms with van der Waals surface area (Å²) in [5.41, 5.74) is 1.29. The molecule has 0 aliphatic rings. The van der Waals surface area contributed by atoms with E-state index in [9.17, 15) is 4.79 Å². The van der Waals surface area contributed by atoms with Gasteiger partial charge in [0.1, 0.15) is 0 Å². The van der Waals surface area contributed by atoms with Gasteiger partial charge in [0.25, 0.3) is 0 Å². The minimum Gasteiger partial charge on any atom is -0.294 e. The highest BCUT2D eigenvalue weighted by Gasteiger charge is 2.11. The van der Waals surface area contributed by atoms with Gasteiger partial charge in [0.2, 0.25) is 0 Å². The van der Waals surface area contributed by atoms with Crippen molar-refractivity contribution >= 4 is 56.5 Å². The number of carbonyl (C=O) groups is 1. The van der Waals surface area contributed by atoms with E-state index < -0.39 is 0 Å². The van der Waals surface area contributed by atoms with Gasteiger partial charge in [0.05, 0.1) is 5.02 Å². The van der Waals surface area contributed by atoms with Gasteiger partial charge in [-0.05, 0) is 57.9 Å². The van der Waals surface area contributed by atoms with Crippen LogP contribution in [0, 0.1) is 0 Å².